The van der Waals surface area contributed by atoms with E-state index in [9.17, 15) is 0 Å². The summed E-state index contributed by atoms with van der Waals surface area (Å²) in [5.74, 6) is 2.07. The number of benzene rings is 2. The van der Waals surface area contributed by atoms with Crippen LogP contribution in [0.5, 0.6) is 11.5 Å². The summed E-state index contributed by atoms with van der Waals surface area (Å²) in [4.78, 5) is 2.00. The molecular formula is C19H16ClNO2. The Morgan fingerprint density at radius 3 is 2.52 bits per heavy atom. The lowest BCUT2D eigenvalue weighted by molar-refractivity contribution is 0.415. The van der Waals surface area contributed by atoms with Crippen molar-refractivity contribution in [2.45, 2.75) is 0 Å². The van der Waals surface area contributed by atoms with E-state index in [4.69, 9.17) is 21.1 Å². The molecule has 0 N–H and O–H groups in total. The van der Waals surface area contributed by atoms with Gasteiger partial charge in [0, 0.05) is 6.07 Å². The monoisotopic (exact) mass is 325 g/mol. The maximum absolute atomic E-state index is 6.48. The van der Waals surface area contributed by atoms with Gasteiger partial charge in [0.2, 0.25) is 0 Å². The molecule has 0 fully saturated rings. The molecule has 0 saturated carbocycles. The number of rotatable bonds is 4. The zero-order valence-electron chi connectivity index (χ0n) is 12.8. The van der Waals surface area contributed by atoms with E-state index in [1.54, 1.807) is 25.3 Å². The molecule has 1 heterocycles. The van der Waals surface area contributed by atoms with Gasteiger partial charge in [-0.15, -0.1) is 0 Å². The molecule has 23 heavy (non-hydrogen) atoms. The molecule has 0 radical (unpaired) electrons. The van der Waals surface area contributed by atoms with E-state index >= 15 is 0 Å². The van der Waals surface area contributed by atoms with E-state index in [1.807, 2.05) is 41.3 Å². The number of anilines is 2. The van der Waals surface area contributed by atoms with Gasteiger partial charge in [-0.05, 0) is 36.4 Å². The fraction of sp³-hybridized carbons (Fsp3) is 0.0526. The number of halogens is 1. The summed E-state index contributed by atoms with van der Waals surface area (Å²) in [6.07, 6.45) is 3.39. The number of hydrogen-bond acceptors (Lipinski definition) is 3. The lowest BCUT2D eigenvalue weighted by atomic mass is 10.1. The first-order valence-electron chi connectivity index (χ1n) is 7.09. The number of allylic oxidation sites excluding steroid dienone is 2. The maximum atomic E-state index is 6.48. The molecule has 0 saturated heterocycles. The van der Waals surface area contributed by atoms with Crippen molar-refractivity contribution >= 4 is 23.0 Å². The Balaban J connectivity index is 2.24. The highest BCUT2D eigenvalue weighted by atomic mass is 35.5. The zero-order valence-corrected chi connectivity index (χ0v) is 13.5. The van der Waals surface area contributed by atoms with Gasteiger partial charge in [-0.25, -0.2) is 0 Å². The minimum absolute atomic E-state index is 0.573. The lowest BCUT2D eigenvalue weighted by Gasteiger charge is -2.33. The molecule has 0 amide bonds. The van der Waals surface area contributed by atoms with E-state index in [-0.39, 0.29) is 0 Å². The molecule has 3 nitrogen and oxygen atoms in total. The quantitative estimate of drug-likeness (QED) is 0.744. The fourth-order valence-electron chi connectivity index (χ4n) is 2.53. The van der Waals surface area contributed by atoms with E-state index < -0.39 is 0 Å². The average molecular weight is 326 g/mol. The lowest BCUT2D eigenvalue weighted by Crippen LogP contribution is -2.23. The van der Waals surface area contributed by atoms with Crippen LogP contribution in [0.3, 0.4) is 0 Å². The number of fused-ring (bicyclic) bond motifs is 1. The Morgan fingerprint density at radius 1 is 1.09 bits per heavy atom. The average Bonchev–Trinajstić information content (AvgIpc) is 2.60. The van der Waals surface area contributed by atoms with Crippen molar-refractivity contribution in [2.75, 3.05) is 12.0 Å². The van der Waals surface area contributed by atoms with Crippen molar-refractivity contribution in [3.05, 3.63) is 84.3 Å². The molecule has 0 atom stereocenters. The van der Waals surface area contributed by atoms with Crippen LogP contribution in [0.15, 0.2) is 79.2 Å². The predicted molar refractivity (Wildman–Crippen MR) is 94.6 cm³/mol. The highest BCUT2D eigenvalue weighted by Crippen LogP contribution is 2.45. The van der Waals surface area contributed by atoms with Crippen LogP contribution in [0, 0.1) is 0 Å². The van der Waals surface area contributed by atoms with Gasteiger partial charge in [0.15, 0.2) is 11.5 Å². The van der Waals surface area contributed by atoms with Gasteiger partial charge >= 0.3 is 0 Å². The number of methoxy groups -OCH3 is 1. The van der Waals surface area contributed by atoms with Gasteiger partial charge in [0.1, 0.15) is 5.75 Å². The summed E-state index contributed by atoms with van der Waals surface area (Å²) in [6, 6.07) is 13.3. The van der Waals surface area contributed by atoms with Crippen LogP contribution < -0.4 is 14.4 Å². The van der Waals surface area contributed by atoms with Crippen molar-refractivity contribution in [1.29, 1.82) is 0 Å². The standard InChI is InChI=1S/C19H16ClNO2/c1-4-15-18(5-2)23-19-9-7-6-8-17(19)21(15)16-11-10-13(22-3)12-14(16)20/h4-12H,1-2H2,3H3. The molecule has 4 heteroatoms. The molecule has 2 aromatic carbocycles. The second-order valence-corrected chi connectivity index (χ2v) is 5.29. The van der Waals surface area contributed by atoms with Crippen LogP contribution in [0.25, 0.3) is 0 Å². The van der Waals surface area contributed by atoms with Crippen molar-refractivity contribution in [2.24, 2.45) is 0 Å². The third-order valence-electron chi connectivity index (χ3n) is 3.59. The van der Waals surface area contributed by atoms with Crippen molar-refractivity contribution in [3.8, 4) is 11.5 Å². The SMILES string of the molecule is C=CC1=C(C=C)N(c2ccc(OC)cc2Cl)c2ccccc2O1. The van der Waals surface area contributed by atoms with Gasteiger partial charge in [-0.3, -0.25) is 0 Å². The highest BCUT2D eigenvalue weighted by Gasteiger charge is 2.26. The zero-order chi connectivity index (χ0) is 16.4. The van der Waals surface area contributed by atoms with Crippen LogP contribution in [0.1, 0.15) is 0 Å². The van der Waals surface area contributed by atoms with Crippen LogP contribution in [0.4, 0.5) is 11.4 Å². The fourth-order valence-corrected chi connectivity index (χ4v) is 2.79. The molecular weight excluding hydrogens is 310 g/mol. The Morgan fingerprint density at radius 2 is 1.87 bits per heavy atom. The van der Waals surface area contributed by atoms with Crippen molar-refractivity contribution < 1.29 is 9.47 Å². The summed E-state index contributed by atoms with van der Waals surface area (Å²) in [6.45, 7) is 7.72. The van der Waals surface area contributed by atoms with E-state index in [2.05, 4.69) is 13.2 Å². The first-order chi connectivity index (χ1) is 11.2. The van der Waals surface area contributed by atoms with E-state index in [1.165, 1.54) is 0 Å². The van der Waals surface area contributed by atoms with Gasteiger partial charge in [-0.1, -0.05) is 36.9 Å². The van der Waals surface area contributed by atoms with Gasteiger partial charge < -0.3 is 14.4 Å². The van der Waals surface area contributed by atoms with Crippen LogP contribution in [-0.4, -0.2) is 7.11 Å². The summed E-state index contributed by atoms with van der Waals surface area (Å²) < 4.78 is 11.1. The van der Waals surface area contributed by atoms with Crippen molar-refractivity contribution in [1.82, 2.24) is 0 Å². The second-order valence-electron chi connectivity index (χ2n) is 4.88. The van der Waals surface area contributed by atoms with E-state index in [0.717, 1.165) is 22.8 Å². The highest BCUT2D eigenvalue weighted by molar-refractivity contribution is 6.33. The van der Waals surface area contributed by atoms with Crippen LogP contribution in [-0.2, 0) is 0 Å². The largest absolute Gasteiger partial charge is 0.497 e. The maximum Gasteiger partial charge on any atom is 0.151 e. The minimum atomic E-state index is 0.573. The summed E-state index contributed by atoms with van der Waals surface area (Å²) >= 11 is 6.48. The first-order valence-corrected chi connectivity index (χ1v) is 7.47. The number of ether oxygens (including phenoxy) is 2. The summed E-state index contributed by atoms with van der Waals surface area (Å²) in [5, 5.41) is 0.573. The molecule has 0 unspecified atom stereocenters. The van der Waals surface area contributed by atoms with E-state index in [0.29, 0.717) is 16.5 Å². The third kappa shape index (κ3) is 2.60. The molecule has 0 spiro atoms. The summed E-state index contributed by atoms with van der Waals surface area (Å²) in [7, 11) is 1.61. The molecule has 116 valence electrons. The second kappa shape index (κ2) is 6.23. The summed E-state index contributed by atoms with van der Waals surface area (Å²) in [5.41, 5.74) is 2.49. The molecule has 0 aromatic heterocycles. The molecule has 1 aliphatic rings. The first kappa shape index (κ1) is 15.3. The molecule has 3 rings (SSSR count). The van der Waals surface area contributed by atoms with Crippen LogP contribution >= 0.6 is 11.6 Å². The minimum Gasteiger partial charge on any atom is -0.497 e. The molecule has 0 aliphatic carbocycles. The third-order valence-corrected chi connectivity index (χ3v) is 3.90. The Bertz CT molecular complexity index is 811. The molecule has 0 bridgehead atoms. The molecule has 2 aromatic rings. The van der Waals surface area contributed by atoms with Gasteiger partial charge in [-0.2, -0.15) is 0 Å². The number of para-hydroxylation sites is 2. The van der Waals surface area contributed by atoms with Crippen molar-refractivity contribution in [3.63, 3.8) is 0 Å². The smallest absolute Gasteiger partial charge is 0.151 e. The van der Waals surface area contributed by atoms with Crippen LogP contribution in [0.2, 0.25) is 5.02 Å². The Kier molecular flexibility index (Phi) is 4.13. The Labute approximate surface area is 140 Å². The normalized spacial score (nSPS) is 13.2. The topological polar surface area (TPSA) is 21.7 Å². The Hall–Kier alpha value is -2.65. The number of hydrogen-bond donors (Lipinski definition) is 0. The molecule has 1 aliphatic heterocycles. The predicted octanol–water partition coefficient (Wildman–Crippen LogP) is 5.46. The van der Waals surface area contributed by atoms with Gasteiger partial charge in [0.05, 0.1) is 29.2 Å². The van der Waals surface area contributed by atoms with Gasteiger partial charge in [0.25, 0.3) is 0 Å². The number of nitrogens with zero attached hydrogens (tertiary/aromatic N) is 1.